The Morgan fingerprint density at radius 2 is 1.73 bits per heavy atom. The summed E-state index contributed by atoms with van der Waals surface area (Å²) >= 11 is 6.21. The van der Waals surface area contributed by atoms with Gasteiger partial charge < -0.3 is 13.6 Å². The van der Waals surface area contributed by atoms with Gasteiger partial charge in [0.15, 0.2) is 0 Å². The molecule has 0 aliphatic rings. The number of hydrogen-bond acceptors (Lipinski definition) is 3. The smallest absolute Gasteiger partial charge is 0.335 e. The van der Waals surface area contributed by atoms with E-state index in [9.17, 15) is 4.57 Å². The molecule has 0 atom stereocenters. The Balaban J connectivity index is 2.02. The van der Waals surface area contributed by atoms with Crippen molar-refractivity contribution in [3.63, 3.8) is 0 Å². The van der Waals surface area contributed by atoms with Gasteiger partial charge in [0.05, 0.1) is 19.4 Å². The molecule has 3 aromatic rings. The fraction of sp³-hybridized carbons (Fsp3) is 0.300. The summed E-state index contributed by atoms with van der Waals surface area (Å²) in [6.45, 7) is 5.07. The van der Waals surface area contributed by atoms with Crippen LogP contribution >= 0.6 is 19.2 Å². The highest BCUT2D eigenvalue weighted by Crippen LogP contribution is 2.52. The lowest BCUT2D eigenvalue weighted by molar-refractivity contribution is 0.219. The first kappa shape index (κ1) is 19.2. The summed E-state index contributed by atoms with van der Waals surface area (Å²) in [7, 11) is -3.19. The van der Waals surface area contributed by atoms with Gasteiger partial charge in [-0.25, -0.2) is 0 Å². The maximum atomic E-state index is 13.0. The van der Waals surface area contributed by atoms with Gasteiger partial charge in [0.2, 0.25) is 0 Å². The molecule has 0 aliphatic carbocycles. The number of halogens is 1. The Morgan fingerprint density at radius 1 is 1.04 bits per heavy atom. The largest absolute Gasteiger partial charge is 0.343 e. The fourth-order valence-electron chi connectivity index (χ4n) is 3.11. The van der Waals surface area contributed by atoms with Crippen LogP contribution in [0.3, 0.4) is 0 Å². The van der Waals surface area contributed by atoms with Gasteiger partial charge in [-0.3, -0.25) is 4.57 Å². The van der Waals surface area contributed by atoms with Gasteiger partial charge in [-0.15, -0.1) is 0 Å². The molecular weight excluding hydrogens is 369 g/mol. The monoisotopic (exact) mass is 391 g/mol. The van der Waals surface area contributed by atoms with Crippen molar-refractivity contribution in [2.75, 3.05) is 13.2 Å². The molecule has 0 bridgehead atoms. The molecule has 4 nitrogen and oxygen atoms in total. The number of hydrogen-bond donors (Lipinski definition) is 0. The van der Waals surface area contributed by atoms with Crippen molar-refractivity contribution in [3.8, 4) is 0 Å². The van der Waals surface area contributed by atoms with E-state index in [2.05, 4.69) is 16.7 Å². The molecule has 2 aromatic carbocycles. The lowest BCUT2D eigenvalue weighted by Gasteiger charge is -2.16. The van der Waals surface area contributed by atoms with E-state index in [0.29, 0.717) is 18.2 Å². The highest BCUT2D eigenvalue weighted by molar-refractivity contribution is 7.53. The van der Waals surface area contributed by atoms with Crippen LogP contribution in [0.1, 0.15) is 25.0 Å². The topological polar surface area (TPSA) is 40.5 Å². The third-order valence-corrected chi connectivity index (χ3v) is 6.40. The Bertz CT molecular complexity index is 913. The maximum absolute atomic E-state index is 13.0. The van der Waals surface area contributed by atoms with Crippen molar-refractivity contribution < 1.29 is 13.6 Å². The molecule has 3 rings (SSSR count). The second-order valence-corrected chi connectivity index (χ2v) is 8.52. The van der Waals surface area contributed by atoms with E-state index >= 15 is 0 Å². The predicted octanol–water partition coefficient (Wildman–Crippen LogP) is 6.11. The van der Waals surface area contributed by atoms with Crippen LogP contribution in [0.5, 0.6) is 0 Å². The van der Waals surface area contributed by atoms with E-state index in [1.54, 1.807) is 0 Å². The van der Waals surface area contributed by atoms with Crippen LogP contribution in [0, 0.1) is 0 Å². The number of fused-ring (bicyclic) bond motifs is 1. The SMILES string of the molecule is CCOP(=O)(Cc1cn(Cc2ccccc2)c2ccc(Cl)cc12)OCC. The van der Waals surface area contributed by atoms with E-state index < -0.39 is 7.60 Å². The maximum Gasteiger partial charge on any atom is 0.335 e. The van der Waals surface area contributed by atoms with Gasteiger partial charge in [0, 0.05) is 28.7 Å². The molecular formula is C20H23ClNO3P. The molecule has 0 N–H and O–H groups in total. The second kappa shape index (κ2) is 8.41. The summed E-state index contributed by atoms with van der Waals surface area (Å²) < 4.78 is 26.1. The first-order valence-electron chi connectivity index (χ1n) is 8.74. The Labute approximate surface area is 159 Å². The van der Waals surface area contributed by atoms with Crippen molar-refractivity contribution in [1.82, 2.24) is 4.57 Å². The van der Waals surface area contributed by atoms with E-state index in [1.807, 2.05) is 56.4 Å². The highest BCUT2D eigenvalue weighted by atomic mass is 35.5. The van der Waals surface area contributed by atoms with Crippen molar-refractivity contribution in [2.24, 2.45) is 0 Å². The van der Waals surface area contributed by atoms with E-state index in [0.717, 1.165) is 23.0 Å². The van der Waals surface area contributed by atoms with Crippen LogP contribution in [-0.4, -0.2) is 17.8 Å². The van der Waals surface area contributed by atoms with Gasteiger partial charge in [0.1, 0.15) is 0 Å². The lowest BCUT2D eigenvalue weighted by Crippen LogP contribution is -1.99. The molecule has 138 valence electrons. The molecule has 0 amide bonds. The first-order valence-corrected chi connectivity index (χ1v) is 10.8. The van der Waals surface area contributed by atoms with Crippen molar-refractivity contribution >= 4 is 30.1 Å². The Morgan fingerprint density at radius 3 is 2.38 bits per heavy atom. The van der Waals surface area contributed by atoms with Crippen LogP contribution in [0.25, 0.3) is 10.9 Å². The third-order valence-electron chi connectivity index (χ3n) is 4.14. The normalized spacial score (nSPS) is 12.0. The number of aromatic nitrogens is 1. The molecule has 0 saturated heterocycles. The van der Waals surface area contributed by atoms with E-state index in [1.165, 1.54) is 5.56 Å². The molecule has 0 fully saturated rings. The summed E-state index contributed by atoms with van der Waals surface area (Å²) in [6, 6.07) is 16.0. The lowest BCUT2D eigenvalue weighted by atomic mass is 10.2. The molecule has 0 spiro atoms. The van der Waals surface area contributed by atoms with Crippen molar-refractivity contribution in [1.29, 1.82) is 0 Å². The van der Waals surface area contributed by atoms with Crippen LogP contribution < -0.4 is 0 Å². The zero-order valence-corrected chi connectivity index (χ0v) is 16.7. The Hall–Kier alpha value is -1.58. The van der Waals surface area contributed by atoms with Gasteiger partial charge in [-0.05, 0) is 43.2 Å². The number of rotatable bonds is 8. The molecule has 0 saturated carbocycles. The van der Waals surface area contributed by atoms with E-state index in [4.69, 9.17) is 20.6 Å². The minimum absolute atomic E-state index is 0.229. The van der Waals surface area contributed by atoms with E-state index in [-0.39, 0.29) is 6.16 Å². The fourth-order valence-corrected chi connectivity index (χ4v) is 5.00. The summed E-state index contributed by atoms with van der Waals surface area (Å²) in [5.74, 6) is 0. The van der Waals surface area contributed by atoms with Gasteiger partial charge in [-0.2, -0.15) is 0 Å². The second-order valence-electron chi connectivity index (χ2n) is 6.03. The summed E-state index contributed by atoms with van der Waals surface area (Å²) in [4.78, 5) is 0. The molecule has 26 heavy (non-hydrogen) atoms. The van der Waals surface area contributed by atoms with Gasteiger partial charge in [-0.1, -0.05) is 41.9 Å². The summed E-state index contributed by atoms with van der Waals surface area (Å²) in [6.07, 6.45) is 2.26. The van der Waals surface area contributed by atoms with Crippen molar-refractivity contribution in [2.45, 2.75) is 26.6 Å². The van der Waals surface area contributed by atoms with Crippen LogP contribution in [0.2, 0.25) is 5.02 Å². The summed E-state index contributed by atoms with van der Waals surface area (Å²) in [5.41, 5.74) is 3.17. The average Bonchev–Trinajstić information content (AvgIpc) is 2.92. The summed E-state index contributed by atoms with van der Waals surface area (Å²) in [5, 5.41) is 1.63. The molecule has 6 heteroatoms. The molecule has 0 unspecified atom stereocenters. The predicted molar refractivity (Wildman–Crippen MR) is 107 cm³/mol. The van der Waals surface area contributed by atoms with Crippen LogP contribution in [0.4, 0.5) is 0 Å². The van der Waals surface area contributed by atoms with Crippen LogP contribution in [-0.2, 0) is 26.3 Å². The molecule has 1 aromatic heterocycles. The number of benzene rings is 2. The van der Waals surface area contributed by atoms with Crippen molar-refractivity contribution in [3.05, 3.63) is 70.9 Å². The molecule has 0 radical (unpaired) electrons. The van der Waals surface area contributed by atoms with Gasteiger partial charge >= 0.3 is 7.60 Å². The van der Waals surface area contributed by atoms with Crippen LogP contribution in [0.15, 0.2) is 54.7 Å². The molecule has 1 heterocycles. The minimum atomic E-state index is -3.19. The molecule has 0 aliphatic heterocycles. The highest BCUT2D eigenvalue weighted by Gasteiger charge is 2.26. The third kappa shape index (κ3) is 4.39. The average molecular weight is 392 g/mol. The Kier molecular flexibility index (Phi) is 6.20. The first-order chi connectivity index (χ1) is 12.5. The quantitative estimate of drug-likeness (QED) is 0.435. The minimum Gasteiger partial charge on any atom is -0.343 e. The zero-order valence-electron chi connectivity index (χ0n) is 15.0. The standard InChI is InChI=1S/C20H23ClNO3P/c1-3-24-26(23,25-4-2)15-17-14-22(13-16-8-6-5-7-9-16)20-11-10-18(21)12-19(17)20/h5-12,14H,3-4,13,15H2,1-2H3. The number of nitrogens with zero attached hydrogens (tertiary/aromatic N) is 1. The van der Waals surface area contributed by atoms with Gasteiger partial charge in [0.25, 0.3) is 0 Å². The zero-order chi connectivity index (χ0) is 18.6.